The fourth-order valence-electron chi connectivity index (χ4n) is 1.82. The monoisotopic (exact) mass is 286 g/mol. The Hall–Kier alpha value is -0.333. The van der Waals surface area contributed by atoms with Gasteiger partial charge in [0.05, 0.1) is 0 Å². The molecule has 0 fully saturated rings. The van der Waals surface area contributed by atoms with E-state index < -0.39 is 8.80 Å². The summed E-state index contributed by atoms with van der Waals surface area (Å²) >= 11 is 4.41. The minimum atomic E-state index is -2.45. The molecule has 1 atom stereocenters. The molecule has 1 unspecified atom stereocenters. The van der Waals surface area contributed by atoms with Crippen LogP contribution in [0.15, 0.2) is 24.3 Å². The molecule has 5 heteroatoms. The van der Waals surface area contributed by atoms with Gasteiger partial charge in [0.1, 0.15) is 0 Å². The standard InChI is InChI=1S/C13H22O3SSi/c1-11(17)13-7-5-12(6-8-13)9-10-18(14-2,15-3)16-4/h5-8,11,17H,9-10H2,1-4H3. The van der Waals surface area contributed by atoms with Gasteiger partial charge in [-0.15, -0.1) is 0 Å². The van der Waals surface area contributed by atoms with Crippen LogP contribution in [0, 0.1) is 0 Å². The van der Waals surface area contributed by atoms with E-state index in [2.05, 4.69) is 43.8 Å². The highest BCUT2D eigenvalue weighted by Gasteiger charge is 2.37. The Labute approximate surface area is 116 Å². The molecule has 1 rings (SSSR count). The van der Waals surface area contributed by atoms with Gasteiger partial charge < -0.3 is 13.3 Å². The van der Waals surface area contributed by atoms with Crippen molar-refractivity contribution < 1.29 is 13.3 Å². The molecule has 1 aromatic rings. The Morgan fingerprint density at radius 1 is 1.06 bits per heavy atom. The third-order valence-corrected chi connectivity index (χ3v) is 6.14. The third kappa shape index (κ3) is 4.10. The molecule has 0 amide bonds. The molecular formula is C13H22O3SSi. The van der Waals surface area contributed by atoms with Crippen LogP contribution < -0.4 is 0 Å². The van der Waals surface area contributed by atoms with Gasteiger partial charge in [0.15, 0.2) is 0 Å². The highest BCUT2D eigenvalue weighted by Crippen LogP contribution is 2.21. The summed E-state index contributed by atoms with van der Waals surface area (Å²) in [6.45, 7) is 2.07. The second kappa shape index (κ2) is 7.30. The molecule has 0 heterocycles. The van der Waals surface area contributed by atoms with Crippen LogP contribution in [0.5, 0.6) is 0 Å². The van der Waals surface area contributed by atoms with Crippen molar-refractivity contribution in [2.45, 2.75) is 24.6 Å². The van der Waals surface area contributed by atoms with Crippen molar-refractivity contribution in [1.82, 2.24) is 0 Å². The maximum Gasteiger partial charge on any atom is 0.500 e. The number of benzene rings is 1. The summed E-state index contributed by atoms with van der Waals surface area (Å²) in [7, 11) is 2.48. The largest absolute Gasteiger partial charge is 0.500 e. The van der Waals surface area contributed by atoms with Gasteiger partial charge in [0.2, 0.25) is 0 Å². The van der Waals surface area contributed by atoms with Crippen LogP contribution in [0.1, 0.15) is 23.3 Å². The average Bonchev–Trinajstić information content (AvgIpc) is 2.41. The fraction of sp³-hybridized carbons (Fsp3) is 0.538. The maximum absolute atomic E-state index is 5.40. The highest BCUT2D eigenvalue weighted by molar-refractivity contribution is 7.80. The van der Waals surface area contributed by atoms with E-state index in [1.165, 1.54) is 11.1 Å². The fourth-order valence-corrected chi connectivity index (χ4v) is 3.70. The molecule has 1 aromatic carbocycles. The van der Waals surface area contributed by atoms with Gasteiger partial charge in [-0.3, -0.25) is 0 Å². The van der Waals surface area contributed by atoms with Gasteiger partial charge in [0.25, 0.3) is 0 Å². The zero-order chi connectivity index (χ0) is 13.6. The first-order valence-corrected chi connectivity index (χ1v) is 8.44. The summed E-state index contributed by atoms with van der Waals surface area (Å²) in [6.07, 6.45) is 0.892. The Kier molecular flexibility index (Phi) is 6.38. The first kappa shape index (κ1) is 15.7. The van der Waals surface area contributed by atoms with E-state index in [9.17, 15) is 0 Å². The Bertz CT molecular complexity index is 341. The highest BCUT2D eigenvalue weighted by atomic mass is 32.1. The van der Waals surface area contributed by atoms with Gasteiger partial charge in [-0.2, -0.15) is 12.6 Å². The third-order valence-electron chi connectivity index (χ3n) is 3.11. The molecule has 0 saturated carbocycles. The van der Waals surface area contributed by atoms with Crippen molar-refractivity contribution in [3.05, 3.63) is 35.4 Å². The Morgan fingerprint density at radius 2 is 1.56 bits per heavy atom. The predicted molar refractivity (Wildman–Crippen MR) is 79.1 cm³/mol. The van der Waals surface area contributed by atoms with Gasteiger partial charge in [0, 0.05) is 32.6 Å². The number of hydrogen-bond acceptors (Lipinski definition) is 4. The zero-order valence-corrected chi connectivity index (χ0v) is 13.4. The summed E-state index contributed by atoms with van der Waals surface area (Å²) in [5.74, 6) is 0. The Morgan fingerprint density at radius 3 is 1.94 bits per heavy atom. The number of thiol groups is 1. The van der Waals surface area contributed by atoms with E-state index >= 15 is 0 Å². The van der Waals surface area contributed by atoms with Gasteiger partial charge in [-0.25, -0.2) is 0 Å². The van der Waals surface area contributed by atoms with Crippen LogP contribution in [0.2, 0.25) is 6.04 Å². The lowest BCUT2D eigenvalue weighted by atomic mass is 10.1. The van der Waals surface area contributed by atoms with Crippen LogP contribution in [0.3, 0.4) is 0 Å². The summed E-state index contributed by atoms with van der Waals surface area (Å²) in [6, 6.07) is 9.27. The van der Waals surface area contributed by atoms with E-state index in [1.807, 2.05) is 0 Å². The molecule has 0 aromatic heterocycles. The van der Waals surface area contributed by atoms with E-state index in [1.54, 1.807) is 21.3 Å². The second-order valence-electron chi connectivity index (χ2n) is 4.21. The molecule has 0 spiro atoms. The zero-order valence-electron chi connectivity index (χ0n) is 11.5. The minimum absolute atomic E-state index is 0.268. The normalized spacial score (nSPS) is 13.6. The Balaban J connectivity index is 2.62. The van der Waals surface area contributed by atoms with Crippen molar-refractivity contribution in [3.8, 4) is 0 Å². The summed E-state index contributed by atoms with van der Waals surface area (Å²) in [5, 5.41) is 0.268. The van der Waals surface area contributed by atoms with Gasteiger partial charge in [-0.05, 0) is 24.5 Å². The van der Waals surface area contributed by atoms with Gasteiger partial charge in [-0.1, -0.05) is 24.3 Å². The lowest BCUT2D eigenvalue weighted by molar-refractivity contribution is 0.123. The van der Waals surface area contributed by atoms with Crippen molar-refractivity contribution in [1.29, 1.82) is 0 Å². The molecule has 0 saturated heterocycles. The van der Waals surface area contributed by atoms with Crippen molar-refractivity contribution in [2.75, 3.05) is 21.3 Å². The molecular weight excluding hydrogens is 264 g/mol. The van der Waals surface area contributed by atoms with Crippen LogP contribution >= 0.6 is 12.6 Å². The molecule has 0 aliphatic carbocycles. The second-order valence-corrected chi connectivity index (χ2v) is 8.08. The average molecular weight is 286 g/mol. The van der Waals surface area contributed by atoms with Crippen molar-refractivity contribution in [2.24, 2.45) is 0 Å². The van der Waals surface area contributed by atoms with Crippen LogP contribution in [-0.2, 0) is 19.7 Å². The topological polar surface area (TPSA) is 27.7 Å². The lowest BCUT2D eigenvalue weighted by Gasteiger charge is -2.24. The quantitative estimate of drug-likeness (QED) is 0.616. The maximum atomic E-state index is 5.40. The van der Waals surface area contributed by atoms with E-state index in [0.717, 1.165) is 12.5 Å². The SMILES string of the molecule is CO[Si](CCc1ccc(C(C)S)cc1)(OC)OC. The lowest BCUT2D eigenvalue weighted by Crippen LogP contribution is -2.43. The summed E-state index contributed by atoms with van der Waals surface area (Å²) in [5.41, 5.74) is 2.49. The molecule has 0 aliphatic heterocycles. The predicted octanol–water partition coefficient (Wildman–Crippen LogP) is 3.10. The molecule has 0 N–H and O–H groups in total. The van der Waals surface area contributed by atoms with Crippen LogP contribution in [0.4, 0.5) is 0 Å². The molecule has 0 bridgehead atoms. The molecule has 102 valence electrons. The first-order valence-electron chi connectivity index (χ1n) is 5.99. The molecule has 3 nitrogen and oxygen atoms in total. The molecule has 0 radical (unpaired) electrons. The molecule has 0 aliphatic rings. The van der Waals surface area contributed by atoms with Crippen LogP contribution in [-0.4, -0.2) is 30.1 Å². The summed E-state index contributed by atoms with van der Waals surface area (Å²) in [4.78, 5) is 0. The number of rotatable bonds is 7. The number of hydrogen-bond donors (Lipinski definition) is 1. The minimum Gasteiger partial charge on any atom is -0.377 e. The van der Waals surface area contributed by atoms with E-state index in [0.29, 0.717) is 0 Å². The first-order chi connectivity index (χ1) is 8.56. The van der Waals surface area contributed by atoms with E-state index in [-0.39, 0.29) is 5.25 Å². The summed E-state index contributed by atoms with van der Waals surface area (Å²) < 4.78 is 16.2. The smallest absolute Gasteiger partial charge is 0.377 e. The van der Waals surface area contributed by atoms with Crippen molar-refractivity contribution >= 4 is 21.4 Å². The van der Waals surface area contributed by atoms with E-state index in [4.69, 9.17) is 13.3 Å². The van der Waals surface area contributed by atoms with Gasteiger partial charge >= 0.3 is 8.80 Å². The van der Waals surface area contributed by atoms with Crippen LogP contribution in [0.25, 0.3) is 0 Å². The van der Waals surface area contributed by atoms with Crippen molar-refractivity contribution in [3.63, 3.8) is 0 Å². The molecule has 18 heavy (non-hydrogen) atoms. The number of aryl methyl sites for hydroxylation is 1.